The predicted octanol–water partition coefficient (Wildman–Crippen LogP) is 0.848. The third-order valence-corrected chi connectivity index (χ3v) is 0.212. The van der Waals surface area contributed by atoms with E-state index in [0.29, 0.717) is 0 Å². The van der Waals surface area contributed by atoms with Crippen molar-refractivity contribution in [1.82, 2.24) is 0 Å². The Morgan fingerprint density at radius 2 is 1.75 bits per heavy atom. The lowest BCUT2D eigenvalue weighted by Gasteiger charge is -2.06. The lowest BCUT2D eigenvalue weighted by molar-refractivity contribution is -0.570. The van der Waals surface area contributed by atoms with E-state index < -0.39 is 6.36 Å². The average molecular weight is 149 g/mol. The molecule has 0 amide bonds. The Kier molecular flexibility index (Phi) is 3.13. The molecule has 0 rings (SSSR count). The summed E-state index contributed by atoms with van der Waals surface area (Å²) < 4.78 is 35.4. The SMILES string of the molecule is FC(F)(F)OOO[S-]. The van der Waals surface area contributed by atoms with E-state index in [1.165, 1.54) is 0 Å². The molecule has 0 heterocycles. The van der Waals surface area contributed by atoms with Crippen LogP contribution in [0.25, 0.3) is 0 Å². The van der Waals surface area contributed by atoms with Crippen LogP contribution in [0.2, 0.25) is 0 Å². The number of halogens is 3. The molecular weight excluding hydrogens is 149 g/mol. The zero-order valence-corrected chi connectivity index (χ0v) is 4.08. The summed E-state index contributed by atoms with van der Waals surface area (Å²) in [4.78, 5) is 2.55. The first-order chi connectivity index (χ1) is 3.56. The number of alkyl halides is 3. The van der Waals surface area contributed by atoms with Crippen LogP contribution in [0, 0.1) is 0 Å². The monoisotopic (exact) mass is 149 g/mol. The van der Waals surface area contributed by atoms with Crippen molar-refractivity contribution in [2.24, 2.45) is 0 Å². The van der Waals surface area contributed by atoms with E-state index in [0.717, 1.165) is 0 Å². The van der Waals surface area contributed by atoms with Crippen molar-refractivity contribution in [1.29, 1.82) is 0 Å². The van der Waals surface area contributed by atoms with Gasteiger partial charge in [-0.3, -0.25) is 0 Å². The molecular formula is CF3O3S-. The molecule has 8 heavy (non-hydrogen) atoms. The quantitative estimate of drug-likeness (QED) is 0.330. The van der Waals surface area contributed by atoms with E-state index in [1.54, 1.807) is 0 Å². The van der Waals surface area contributed by atoms with Gasteiger partial charge in [0.2, 0.25) is 0 Å². The van der Waals surface area contributed by atoms with E-state index in [-0.39, 0.29) is 0 Å². The van der Waals surface area contributed by atoms with E-state index >= 15 is 0 Å². The smallest absolute Gasteiger partial charge is 0.551 e. The van der Waals surface area contributed by atoms with E-state index in [9.17, 15) is 13.2 Å². The van der Waals surface area contributed by atoms with Gasteiger partial charge >= 0.3 is 6.36 Å². The second kappa shape index (κ2) is 3.13. The fourth-order valence-electron chi connectivity index (χ4n) is 0.0525. The normalized spacial score (nSPS) is 12.0. The van der Waals surface area contributed by atoms with Crippen LogP contribution in [0.15, 0.2) is 0 Å². The summed E-state index contributed by atoms with van der Waals surface area (Å²) in [6, 6.07) is 0. The number of hydrogen-bond donors (Lipinski definition) is 0. The lowest BCUT2D eigenvalue weighted by Crippen LogP contribution is -2.12. The molecule has 0 aromatic rings. The minimum atomic E-state index is -4.86. The van der Waals surface area contributed by atoms with Crippen molar-refractivity contribution >= 4 is 12.9 Å². The molecule has 0 atom stereocenters. The van der Waals surface area contributed by atoms with Crippen LogP contribution in [0.5, 0.6) is 0 Å². The number of hydrogen-bond acceptors (Lipinski definition) is 4. The Hall–Kier alpha value is 0.0200. The highest BCUT2D eigenvalue weighted by atomic mass is 32.1. The largest absolute Gasteiger partial charge is 0.579 e. The first kappa shape index (κ1) is 8.02. The van der Waals surface area contributed by atoms with Crippen LogP contribution < -0.4 is 0 Å². The van der Waals surface area contributed by atoms with Crippen molar-refractivity contribution in [3.05, 3.63) is 0 Å². The van der Waals surface area contributed by atoms with Gasteiger partial charge in [0.25, 0.3) is 0 Å². The van der Waals surface area contributed by atoms with Crippen LogP contribution in [-0.2, 0) is 27.2 Å². The summed E-state index contributed by atoms with van der Waals surface area (Å²) >= 11 is 3.47. The second-order valence-electron chi connectivity index (χ2n) is 0.665. The highest BCUT2D eigenvalue weighted by Crippen LogP contribution is 2.15. The molecule has 0 fully saturated rings. The summed E-state index contributed by atoms with van der Waals surface area (Å²) in [6.45, 7) is 0. The summed E-state index contributed by atoms with van der Waals surface area (Å²) in [5.74, 6) is 0. The first-order valence-electron chi connectivity index (χ1n) is 1.27. The van der Waals surface area contributed by atoms with Gasteiger partial charge in [-0.05, 0) is 0 Å². The fraction of sp³-hybridized carbons (Fsp3) is 1.00. The minimum Gasteiger partial charge on any atom is -0.579 e. The lowest BCUT2D eigenvalue weighted by atomic mass is 11.4. The Labute approximate surface area is 47.8 Å². The highest BCUT2D eigenvalue weighted by Gasteiger charge is 2.31. The highest BCUT2D eigenvalue weighted by molar-refractivity contribution is 7.52. The third kappa shape index (κ3) is 6.02. The van der Waals surface area contributed by atoms with Crippen molar-refractivity contribution in [2.75, 3.05) is 0 Å². The molecule has 0 unspecified atom stereocenters. The Morgan fingerprint density at radius 3 is 1.88 bits per heavy atom. The molecule has 0 saturated carbocycles. The van der Waals surface area contributed by atoms with Crippen LogP contribution in [-0.4, -0.2) is 6.36 Å². The van der Waals surface area contributed by atoms with Crippen molar-refractivity contribution in [3.63, 3.8) is 0 Å². The van der Waals surface area contributed by atoms with Crippen LogP contribution in [0.4, 0.5) is 13.2 Å². The van der Waals surface area contributed by atoms with Gasteiger partial charge in [-0.25, -0.2) is 0 Å². The molecule has 0 spiro atoms. The van der Waals surface area contributed by atoms with Crippen molar-refractivity contribution in [3.8, 4) is 0 Å². The Bertz CT molecular complexity index is 62.0. The van der Waals surface area contributed by atoms with Crippen LogP contribution >= 0.6 is 0 Å². The summed E-state index contributed by atoms with van der Waals surface area (Å²) in [5.41, 5.74) is 0. The molecule has 0 aliphatic rings. The maximum Gasteiger partial charge on any atom is 0.551 e. The second-order valence-corrected chi connectivity index (χ2v) is 0.801. The van der Waals surface area contributed by atoms with Gasteiger partial charge in [0.1, 0.15) is 0 Å². The molecule has 50 valence electrons. The summed E-state index contributed by atoms with van der Waals surface area (Å²) in [6.07, 6.45) is -4.86. The molecule has 7 heteroatoms. The van der Waals surface area contributed by atoms with E-state index in [4.69, 9.17) is 0 Å². The molecule has 0 radical (unpaired) electrons. The zero-order chi connectivity index (χ0) is 6.62. The predicted molar refractivity (Wildman–Crippen MR) is 16.7 cm³/mol. The molecule has 0 aromatic carbocycles. The standard InChI is InChI=1S/CHF3O3S/c2-1(3,4)5-6-7-8/h8H/p-1. The Balaban J connectivity index is 3.11. The topological polar surface area (TPSA) is 27.7 Å². The third-order valence-electron chi connectivity index (χ3n) is 0.156. The average Bonchev–Trinajstić information content (AvgIpc) is 1.59. The van der Waals surface area contributed by atoms with Gasteiger partial charge in [-0.2, -0.15) is 0 Å². The summed E-state index contributed by atoms with van der Waals surface area (Å²) in [7, 11) is 0. The van der Waals surface area contributed by atoms with E-state index in [1.807, 2.05) is 0 Å². The van der Waals surface area contributed by atoms with Gasteiger partial charge in [0, 0.05) is 0 Å². The minimum absolute atomic E-state index is 2.55. The zero-order valence-electron chi connectivity index (χ0n) is 3.27. The molecule has 0 bridgehead atoms. The van der Waals surface area contributed by atoms with Gasteiger partial charge in [0.15, 0.2) is 0 Å². The molecule has 0 aromatic heterocycles. The van der Waals surface area contributed by atoms with Gasteiger partial charge < -0.3 is 17.2 Å². The van der Waals surface area contributed by atoms with Crippen molar-refractivity contribution in [2.45, 2.75) is 6.36 Å². The van der Waals surface area contributed by atoms with Gasteiger partial charge in [-0.1, -0.05) is 5.04 Å². The first-order valence-corrected chi connectivity index (χ1v) is 1.60. The van der Waals surface area contributed by atoms with Gasteiger partial charge in [0.05, 0.1) is 0 Å². The van der Waals surface area contributed by atoms with E-state index in [2.05, 4.69) is 27.2 Å². The fourth-order valence-corrected chi connectivity index (χ4v) is 0.0802. The maximum atomic E-state index is 10.8. The molecule has 0 aliphatic heterocycles. The Morgan fingerprint density at radius 1 is 1.25 bits per heavy atom. The van der Waals surface area contributed by atoms with Crippen LogP contribution in [0.3, 0.4) is 0 Å². The number of rotatable bonds is 2. The molecule has 0 aliphatic carbocycles. The molecule has 0 saturated heterocycles. The van der Waals surface area contributed by atoms with Gasteiger partial charge in [-0.15, -0.1) is 18.1 Å². The molecule has 0 N–H and O–H groups in total. The van der Waals surface area contributed by atoms with Crippen LogP contribution in [0.1, 0.15) is 0 Å². The molecule has 3 nitrogen and oxygen atoms in total. The maximum absolute atomic E-state index is 10.8. The van der Waals surface area contributed by atoms with Crippen molar-refractivity contribution < 1.29 is 27.4 Å². The summed E-state index contributed by atoms with van der Waals surface area (Å²) in [5, 5.41) is 2.89.